The molecule has 1 aromatic carbocycles. The number of likely N-dealkylation sites (tertiary alicyclic amines) is 1. The number of carbonyl (C=O) groups is 1. The van der Waals surface area contributed by atoms with E-state index >= 15 is 0 Å². The van der Waals surface area contributed by atoms with E-state index < -0.39 is 6.04 Å². The number of fused-ring (bicyclic) bond motifs is 3. The van der Waals surface area contributed by atoms with Crippen molar-refractivity contribution in [2.45, 2.75) is 32.5 Å². The standard InChI is InChI=1S/C23H30N4O4/c1-6-31-22(29)18-14(2)16-13-27(12-15-10-8-7-9-11-15)20-17(19(16)24(18)3)21(28)26(5)23(30)25(20)4/h7-11,14,16,18-19H,6,12-13H2,1-5H3/t14-,16-,18+,19+/m0/s1. The van der Waals surface area contributed by atoms with E-state index in [1.807, 2.05) is 42.3 Å². The van der Waals surface area contributed by atoms with Crippen molar-refractivity contribution in [3.8, 4) is 0 Å². The van der Waals surface area contributed by atoms with Crippen molar-refractivity contribution in [2.75, 3.05) is 25.1 Å². The van der Waals surface area contributed by atoms with Gasteiger partial charge in [0.2, 0.25) is 0 Å². The summed E-state index contributed by atoms with van der Waals surface area (Å²) in [6.45, 7) is 5.40. The van der Waals surface area contributed by atoms with E-state index in [-0.39, 0.29) is 35.1 Å². The number of nitrogens with zero attached hydrogens (tertiary/aromatic N) is 4. The van der Waals surface area contributed by atoms with Crippen LogP contribution in [0.25, 0.3) is 0 Å². The summed E-state index contributed by atoms with van der Waals surface area (Å²) in [5.41, 5.74) is 1.03. The van der Waals surface area contributed by atoms with E-state index in [1.54, 1.807) is 18.5 Å². The van der Waals surface area contributed by atoms with Crippen molar-refractivity contribution in [3.63, 3.8) is 0 Å². The molecule has 1 aromatic heterocycles. The van der Waals surface area contributed by atoms with Crippen LogP contribution in [-0.4, -0.2) is 46.2 Å². The van der Waals surface area contributed by atoms with E-state index in [1.165, 1.54) is 7.05 Å². The molecule has 0 radical (unpaired) electrons. The second-order valence-electron chi connectivity index (χ2n) is 8.64. The highest BCUT2D eigenvalue weighted by atomic mass is 16.5. The Morgan fingerprint density at radius 1 is 1.10 bits per heavy atom. The van der Waals surface area contributed by atoms with Crippen LogP contribution in [0.4, 0.5) is 5.82 Å². The van der Waals surface area contributed by atoms with Crippen LogP contribution in [0, 0.1) is 11.8 Å². The van der Waals surface area contributed by atoms with Crippen LogP contribution in [0.3, 0.4) is 0 Å². The van der Waals surface area contributed by atoms with Gasteiger partial charge in [-0.3, -0.25) is 23.6 Å². The van der Waals surface area contributed by atoms with Gasteiger partial charge in [0, 0.05) is 39.1 Å². The fourth-order valence-corrected chi connectivity index (χ4v) is 5.44. The van der Waals surface area contributed by atoms with Gasteiger partial charge in [-0.25, -0.2) is 4.79 Å². The molecule has 2 aliphatic rings. The first-order valence-corrected chi connectivity index (χ1v) is 10.7. The molecule has 0 amide bonds. The fraction of sp³-hybridized carbons (Fsp3) is 0.522. The SMILES string of the molecule is CCOC(=O)[C@H]1[C@@H](C)[C@@H]2CN(Cc3ccccc3)c3c(c(=O)n(C)c(=O)n3C)[C@@H]2N1C. The summed E-state index contributed by atoms with van der Waals surface area (Å²) in [6, 6.07) is 9.32. The molecule has 166 valence electrons. The van der Waals surface area contributed by atoms with Crippen LogP contribution >= 0.6 is 0 Å². The molecule has 3 heterocycles. The van der Waals surface area contributed by atoms with Crippen molar-refractivity contribution in [3.05, 3.63) is 62.3 Å². The lowest BCUT2D eigenvalue weighted by molar-refractivity contribution is -0.149. The number of benzene rings is 1. The Balaban J connectivity index is 1.88. The predicted molar refractivity (Wildman–Crippen MR) is 118 cm³/mol. The molecule has 2 aromatic rings. The lowest BCUT2D eigenvalue weighted by atomic mass is 9.83. The highest BCUT2D eigenvalue weighted by Crippen LogP contribution is 2.49. The number of rotatable bonds is 4. The summed E-state index contributed by atoms with van der Waals surface area (Å²) in [4.78, 5) is 43.0. The molecule has 0 aliphatic carbocycles. The molecule has 2 aliphatic heterocycles. The zero-order valence-electron chi connectivity index (χ0n) is 18.7. The van der Waals surface area contributed by atoms with Gasteiger partial charge in [0.25, 0.3) is 5.56 Å². The second kappa shape index (κ2) is 8.00. The third-order valence-corrected chi connectivity index (χ3v) is 6.89. The lowest BCUT2D eigenvalue weighted by Gasteiger charge is -2.41. The first kappa shape index (κ1) is 21.4. The maximum absolute atomic E-state index is 13.4. The van der Waals surface area contributed by atoms with Crippen LogP contribution < -0.4 is 16.1 Å². The van der Waals surface area contributed by atoms with E-state index in [2.05, 4.69) is 11.8 Å². The fourth-order valence-electron chi connectivity index (χ4n) is 5.44. The lowest BCUT2D eigenvalue weighted by Crippen LogP contribution is -2.50. The van der Waals surface area contributed by atoms with Gasteiger partial charge in [0.15, 0.2) is 0 Å². The molecule has 4 rings (SSSR count). The Kier molecular flexibility index (Phi) is 5.51. The van der Waals surface area contributed by atoms with Gasteiger partial charge in [-0.05, 0) is 25.5 Å². The molecular weight excluding hydrogens is 396 g/mol. The van der Waals surface area contributed by atoms with Crippen molar-refractivity contribution in [1.82, 2.24) is 14.0 Å². The topological polar surface area (TPSA) is 76.8 Å². The summed E-state index contributed by atoms with van der Waals surface area (Å²) in [5.74, 6) is 0.440. The van der Waals surface area contributed by atoms with Crippen LogP contribution in [0.2, 0.25) is 0 Å². The van der Waals surface area contributed by atoms with Crippen LogP contribution in [0.1, 0.15) is 31.0 Å². The number of ether oxygens (including phenoxy) is 1. The summed E-state index contributed by atoms with van der Waals surface area (Å²) >= 11 is 0. The largest absolute Gasteiger partial charge is 0.465 e. The quantitative estimate of drug-likeness (QED) is 0.686. The number of likely N-dealkylation sites (N-methyl/N-ethyl adjacent to an activating group) is 1. The molecule has 8 nitrogen and oxygen atoms in total. The Hall–Kier alpha value is -2.87. The zero-order chi connectivity index (χ0) is 22.4. The molecule has 4 atom stereocenters. The van der Waals surface area contributed by atoms with Crippen LogP contribution in [0.5, 0.6) is 0 Å². The Bertz CT molecular complexity index is 1110. The van der Waals surface area contributed by atoms with Crippen LogP contribution in [-0.2, 0) is 30.2 Å². The van der Waals surface area contributed by atoms with Crippen molar-refractivity contribution in [2.24, 2.45) is 25.9 Å². The average molecular weight is 427 g/mol. The second-order valence-corrected chi connectivity index (χ2v) is 8.64. The first-order valence-electron chi connectivity index (χ1n) is 10.7. The number of carbonyl (C=O) groups excluding carboxylic acids is 1. The maximum atomic E-state index is 13.4. The molecule has 8 heteroatoms. The van der Waals surface area contributed by atoms with E-state index in [9.17, 15) is 14.4 Å². The summed E-state index contributed by atoms with van der Waals surface area (Å²) in [5, 5.41) is 0. The molecule has 0 bridgehead atoms. The smallest absolute Gasteiger partial charge is 0.332 e. The van der Waals surface area contributed by atoms with Gasteiger partial charge < -0.3 is 9.64 Å². The van der Waals surface area contributed by atoms with Crippen molar-refractivity contribution >= 4 is 11.8 Å². The minimum Gasteiger partial charge on any atom is -0.465 e. The number of hydrogen-bond acceptors (Lipinski definition) is 6. The van der Waals surface area contributed by atoms with E-state index in [0.717, 1.165) is 10.1 Å². The molecule has 0 unspecified atom stereocenters. The Morgan fingerprint density at radius 3 is 2.42 bits per heavy atom. The van der Waals surface area contributed by atoms with Crippen LogP contribution in [0.15, 0.2) is 39.9 Å². The van der Waals surface area contributed by atoms with Crippen molar-refractivity contribution in [1.29, 1.82) is 0 Å². The molecule has 0 saturated carbocycles. The first-order chi connectivity index (χ1) is 14.8. The zero-order valence-corrected chi connectivity index (χ0v) is 18.7. The van der Waals surface area contributed by atoms with Gasteiger partial charge in [-0.2, -0.15) is 0 Å². The Morgan fingerprint density at radius 2 is 1.77 bits per heavy atom. The summed E-state index contributed by atoms with van der Waals surface area (Å²) in [6.07, 6.45) is 0. The number of esters is 1. The van der Waals surface area contributed by atoms with Gasteiger partial charge >= 0.3 is 11.7 Å². The summed E-state index contributed by atoms with van der Waals surface area (Å²) < 4.78 is 8.07. The molecular formula is C23H30N4O4. The number of aromatic nitrogens is 2. The summed E-state index contributed by atoms with van der Waals surface area (Å²) in [7, 11) is 5.10. The molecule has 0 N–H and O–H groups in total. The van der Waals surface area contributed by atoms with Gasteiger partial charge in [-0.15, -0.1) is 0 Å². The molecule has 1 saturated heterocycles. The normalized spacial score (nSPS) is 25.3. The maximum Gasteiger partial charge on any atom is 0.332 e. The molecule has 31 heavy (non-hydrogen) atoms. The monoisotopic (exact) mass is 426 g/mol. The Labute approximate surface area is 181 Å². The van der Waals surface area contributed by atoms with Gasteiger partial charge in [0.1, 0.15) is 11.9 Å². The van der Waals surface area contributed by atoms with E-state index in [0.29, 0.717) is 31.1 Å². The number of anilines is 1. The predicted octanol–water partition coefficient (Wildman–Crippen LogP) is 1.27. The third-order valence-electron chi connectivity index (χ3n) is 6.89. The minimum atomic E-state index is -0.429. The molecule has 1 fully saturated rings. The number of hydrogen-bond donors (Lipinski definition) is 0. The highest BCUT2D eigenvalue weighted by Gasteiger charge is 2.54. The average Bonchev–Trinajstić information content (AvgIpc) is 3.00. The minimum absolute atomic E-state index is 0.00223. The van der Waals surface area contributed by atoms with Gasteiger partial charge in [0.05, 0.1) is 12.2 Å². The third kappa shape index (κ3) is 3.29. The molecule has 0 spiro atoms. The van der Waals surface area contributed by atoms with Crippen molar-refractivity contribution < 1.29 is 9.53 Å². The van der Waals surface area contributed by atoms with E-state index in [4.69, 9.17) is 4.74 Å². The van der Waals surface area contributed by atoms with Gasteiger partial charge in [-0.1, -0.05) is 37.3 Å². The highest BCUT2D eigenvalue weighted by molar-refractivity contribution is 5.77.